The average molecular weight is 434 g/mol. The zero-order chi connectivity index (χ0) is 20.3. The lowest BCUT2D eigenvalue weighted by molar-refractivity contribution is -0.133. The van der Waals surface area contributed by atoms with Crippen molar-refractivity contribution >= 4 is 46.3 Å². The molecule has 2 aliphatic heterocycles. The minimum atomic E-state index is -4.18. The van der Waals surface area contributed by atoms with Crippen molar-refractivity contribution in [2.45, 2.75) is 31.5 Å². The van der Waals surface area contributed by atoms with Crippen molar-refractivity contribution in [3.8, 4) is 0 Å². The van der Waals surface area contributed by atoms with Crippen LogP contribution >= 0.6 is 23.4 Å². The number of hydrogen-bond acceptors (Lipinski definition) is 5. The van der Waals surface area contributed by atoms with E-state index in [0.717, 1.165) is 24.6 Å². The molecule has 0 bridgehead atoms. The Morgan fingerprint density at radius 1 is 1.36 bits per heavy atom. The molecule has 0 aliphatic carbocycles. The molecule has 0 radical (unpaired) electrons. The van der Waals surface area contributed by atoms with Crippen LogP contribution in [0.2, 0.25) is 5.02 Å². The molecule has 1 unspecified atom stereocenters. The number of carbonyl (C=O) groups is 2. The van der Waals surface area contributed by atoms with E-state index < -0.39 is 23.7 Å². The number of para-hydroxylation sites is 1. The maximum Gasteiger partial charge on any atom is 0.390 e. The maximum absolute atomic E-state index is 12.4. The molecule has 0 aromatic heterocycles. The van der Waals surface area contributed by atoms with Gasteiger partial charge in [0.15, 0.2) is 0 Å². The molecule has 3 rings (SSSR count). The van der Waals surface area contributed by atoms with E-state index in [0.29, 0.717) is 29.4 Å². The highest BCUT2D eigenvalue weighted by Gasteiger charge is 2.29. The van der Waals surface area contributed by atoms with Gasteiger partial charge in [-0.15, -0.1) is 0 Å². The number of anilines is 1. The summed E-state index contributed by atoms with van der Waals surface area (Å²) in [7, 11) is 0. The van der Waals surface area contributed by atoms with Gasteiger partial charge in [-0.2, -0.15) is 13.2 Å². The van der Waals surface area contributed by atoms with Gasteiger partial charge in [-0.3, -0.25) is 14.9 Å². The molecule has 0 saturated carbocycles. The standard InChI is InChI=1S/C18H19ClF3N3O2S/c19-13-5-1-3-11(9-14-16(26)24-17(27)28-14)15(13)25-8-2-4-12(10-25)23-7-6-18(20,21)22/h1,3,5,9,12,23H,2,4,6-8,10H2,(H,24,26,27). The van der Waals surface area contributed by atoms with Gasteiger partial charge < -0.3 is 10.2 Å². The van der Waals surface area contributed by atoms with Crippen molar-refractivity contribution in [1.82, 2.24) is 10.6 Å². The van der Waals surface area contributed by atoms with Gasteiger partial charge in [0, 0.05) is 31.2 Å². The molecule has 1 aromatic rings. The summed E-state index contributed by atoms with van der Waals surface area (Å²) in [5.74, 6) is -0.453. The first-order valence-electron chi connectivity index (χ1n) is 8.81. The number of alkyl halides is 3. The number of carbonyl (C=O) groups excluding carboxylic acids is 2. The van der Waals surface area contributed by atoms with E-state index in [1.165, 1.54) is 0 Å². The van der Waals surface area contributed by atoms with Gasteiger partial charge in [0.05, 0.1) is 22.0 Å². The Morgan fingerprint density at radius 3 is 2.82 bits per heavy atom. The summed E-state index contributed by atoms with van der Waals surface area (Å²) < 4.78 is 37.1. The summed E-state index contributed by atoms with van der Waals surface area (Å²) in [5, 5.41) is 5.24. The Balaban J connectivity index is 1.76. The smallest absolute Gasteiger partial charge is 0.368 e. The van der Waals surface area contributed by atoms with E-state index in [1.54, 1.807) is 24.3 Å². The van der Waals surface area contributed by atoms with E-state index in [-0.39, 0.29) is 17.5 Å². The molecule has 5 nitrogen and oxygen atoms in total. The summed E-state index contributed by atoms with van der Waals surface area (Å²) >= 11 is 7.24. The van der Waals surface area contributed by atoms with Crippen LogP contribution in [0.4, 0.5) is 23.7 Å². The number of thioether (sulfide) groups is 1. The molecule has 1 atom stereocenters. The molecule has 28 heavy (non-hydrogen) atoms. The second kappa shape index (κ2) is 8.75. The van der Waals surface area contributed by atoms with Crippen LogP contribution in [0.3, 0.4) is 0 Å². The highest BCUT2D eigenvalue weighted by Crippen LogP contribution is 2.35. The van der Waals surface area contributed by atoms with E-state index >= 15 is 0 Å². The first kappa shape index (κ1) is 21.0. The third kappa shape index (κ3) is 5.42. The molecule has 2 heterocycles. The fourth-order valence-corrected chi connectivity index (χ4v) is 4.28. The van der Waals surface area contributed by atoms with Crippen molar-refractivity contribution in [2.24, 2.45) is 0 Å². The summed E-state index contributed by atoms with van der Waals surface area (Å²) in [6.45, 7) is 1.09. The molecule has 0 spiro atoms. The highest BCUT2D eigenvalue weighted by atomic mass is 35.5. The van der Waals surface area contributed by atoms with Crippen molar-refractivity contribution in [2.75, 3.05) is 24.5 Å². The topological polar surface area (TPSA) is 61.4 Å². The van der Waals surface area contributed by atoms with E-state index in [4.69, 9.17) is 11.6 Å². The monoisotopic (exact) mass is 433 g/mol. The molecule has 1 aromatic carbocycles. The van der Waals surface area contributed by atoms with Gasteiger partial charge in [-0.05, 0) is 36.7 Å². The molecule has 152 valence electrons. The van der Waals surface area contributed by atoms with Crippen LogP contribution in [-0.2, 0) is 4.79 Å². The molecule has 2 N–H and O–H groups in total. The van der Waals surface area contributed by atoms with Crippen LogP contribution in [-0.4, -0.2) is 43.0 Å². The predicted octanol–water partition coefficient (Wildman–Crippen LogP) is 4.17. The Bertz CT molecular complexity index is 801. The molecule has 2 amide bonds. The van der Waals surface area contributed by atoms with Gasteiger partial charge in [-0.25, -0.2) is 0 Å². The third-order valence-electron chi connectivity index (χ3n) is 4.53. The molecule has 2 aliphatic rings. The van der Waals surface area contributed by atoms with Crippen molar-refractivity contribution in [3.63, 3.8) is 0 Å². The Morgan fingerprint density at radius 2 is 2.14 bits per heavy atom. The Hall–Kier alpha value is -1.71. The van der Waals surface area contributed by atoms with Crippen LogP contribution in [0, 0.1) is 0 Å². The summed E-state index contributed by atoms with van der Waals surface area (Å²) in [4.78, 5) is 25.5. The minimum absolute atomic E-state index is 0.0846. The third-order valence-corrected chi connectivity index (χ3v) is 5.64. The van der Waals surface area contributed by atoms with Gasteiger partial charge in [0.1, 0.15) is 0 Å². The van der Waals surface area contributed by atoms with Crippen molar-refractivity contribution in [1.29, 1.82) is 0 Å². The van der Waals surface area contributed by atoms with Gasteiger partial charge in [0.2, 0.25) is 0 Å². The number of hydrogen-bond donors (Lipinski definition) is 2. The quantitative estimate of drug-likeness (QED) is 0.682. The second-order valence-electron chi connectivity index (χ2n) is 6.63. The highest BCUT2D eigenvalue weighted by molar-refractivity contribution is 8.18. The normalized spacial score (nSPS) is 22.1. The number of piperidine rings is 1. The number of rotatable bonds is 5. The van der Waals surface area contributed by atoms with Crippen LogP contribution in [0.15, 0.2) is 23.1 Å². The molecule has 2 saturated heterocycles. The number of amides is 2. The molecule has 2 fully saturated rings. The minimum Gasteiger partial charge on any atom is -0.368 e. The zero-order valence-corrected chi connectivity index (χ0v) is 16.4. The van der Waals surface area contributed by atoms with Crippen LogP contribution in [0.25, 0.3) is 6.08 Å². The summed E-state index contributed by atoms with van der Waals surface area (Å²) in [6.07, 6.45) is -1.85. The van der Waals surface area contributed by atoms with Gasteiger partial charge in [0.25, 0.3) is 11.1 Å². The summed E-state index contributed by atoms with van der Waals surface area (Å²) in [5.41, 5.74) is 1.41. The number of benzene rings is 1. The van der Waals surface area contributed by atoms with Crippen molar-refractivity contribution < 1.29 is 22.8 Å². The fourth-order valence-electron chi connectivity index (χ4n) is 3.31. The van der Waals surface area contributed by atoms with Gasteiger partial charge >= 0.3 is 6.18 Å². The fraction of sp³-hybridized carbons (Fsp3) is 0.444. The molecule has 10 heteroatoms. The van der Waals surface area contributed by atoms with E-state index in [1.807, 2.05) is 4.90 Å². The molecular weight excluding hydrogens is 415 g/mol. The SMILES string of the molecule is O=C1NC(=O)C(=Cc2cccc(Cl)c2N2CCCC(NCCC(F)(F)F)C2)S1. The van der Waals surface area contributed by atoms with Crippen LogP contribution < -0.4 is 15.5 Å². The first-order valence-corrected chi connectivity index (χ1v) is 10.0. The number of nitrogens with zero attached hydrogens (tertiary/aromatic N) is 1. The largest absolute Gasteiger partial charge is 0.390 e. The first-order chi connectivity index (χ1) is 13.2. The van der Waals surface area contributed by atoms with Gasteiger partial charge in [-0.1, -0.05) is 23.7 Å². The lowest BCUT2D eigenvalue weighted by Crippen LogP contribution is -2.46. The van der Waals surface area contributed by atoms with Crippen LogP contribution in [0.1, 0.15) is 24.8 Å². The maximum atomic E-state index is 12.4. The lowest BCUT2D eigenvalue weighted by Gasteiger charge is -2.36. The van der Waals surface area contributed by atoms with E-state index in [2.05, 4.69) is 10.6 Å². The average Bonchev–Trinajstić information content (AvgIpc) is 2.91. The van der Waals surface area contributed by atoms with Crippen LogP contribution in [0.5, 0.6) is 0 Å². The lowest BCUT2D eigenvalue weighted by atomic mass is 10.0. The second-order valence-corrected chi connectivity index (χ2v) is 8.06. The Labute approximate surface area is 169 Å². The van der Waals surface area contributed by atoms with Crippen molar-refractivity contribution in [3.05, 3.63) is 33.7 Å². The number of nitrogens with one attached hydrogen (secondary N) is 2. The van der Waals surface area contributed by atoms with E-state index in [9.17, 15) is 22.8 Å². The predicted molar refractivity (Wildman–Crippen MR) is 104 cm³/mol. The number of imide groups is 1. The zero-order valence-electron chi connectivity index (χ0n) is 14.8. The number of halogens is 4. The summed E-state index contributed by atoms with van der Waals surface area (Å²) in [6, 6.07) is 5.19. The Kier molecular flexibility index (Phi) is 6.57. The molecular formula is C18H19ClF3N3O2S.